The number of nitrogens with one attached hydrogen (secondary N) is 1. The average molecular weight is 395 g/mol. The Balaban J connectivity index is 1.71. The molecule has 1 aromatic heterocycles. The van der Waals surface area contributed by atoms with Crippen molar-refractivity contribution in [1.29, 1.82) is 0 Å². The van der Waals surface area contributed by atoms with Crippen LogP contribution in [-0.4, -0.2) is 26.1 Å². The molecule has 0 saturated carbocycles. The van der Waals surface area contributed by atoms with Gasteiger partial charge in [0.1, 0.15) is 11.3 Å². The van der Waals surface area contributed by atoms with Gasteiger partial charge in [-0.2, -0.15) is 0 Å². The number of ether oxygens (including phenoxy) is 2. The van der Waals surface area contributed by atoms with Crippen molar-refractivity contribution in [3.63, 3.8) is 0 Å². The SMILES string of the molecule is COC(=O)c1ccc(NC(=O)CCc2cc3c(C)cc(=O)oc3cc2OC)cc1. The van der Waals surface area contributed by atoms with Gasteiger partial charge in [-0.15, -0.1) is 0 Å². The number of esters is 1. The van der Waals surface area contributed by atoms with Crippen LogP contribution in [0.15, 0.2) is 51.7 Å². The van der Waals surface area contributed by atoms with Gasteiger partial charge in [0.05, 0.1) is 19.8 Å². The predicted octanol–water partition coefficient (Wildman–Crippen LogP) is 3.47. The standard InChI is InChI=1S/C22H21NO6/c1-13-10-21(25)29-19-12-18(27-2)15(11-17(13)19)6-9-20(24)23-16-7-4-14(5-8-16)22(26)28-3/h4-5,7-8,10-12H,6,9H2,1-3H3,(H,23,24). The number of rotatable bonds is 6. The number of methoxy groups -OCH3 is 2. The number of aryl methyl sites for hydroxylation is 2. The number of amides is 1. The molecule has 1 amide bonds. The summed E-state index contributed by atoms with van der Waals surface area (Å²) < 4.78 is 15.3. The first kappa shape index (κ1) is 20.1. The van der Waals surface area contributed by atoms with Crippen molar-refractivity contribution >= 4 is 28.5 Å². The van der Waals surface area contributed by atoms with Crippen molar-refractivity contribution in [2.45, 2.75) is 19.8 Å². The maximum absolute atomic E-state index is 12.3. The molecule has 0 atom stereocenters. The minimum atomic E-state index is -0.433. The highest BCUT2D eigenvalue weighted by Gasteiger charge is 2.12. The lowest BCUT2D eigenvalue weighted by molar-refractivity contribution is -0.116. The van der Waals surface area contributed by atoms with Gasteiger partial charge in [-0.25, -0.2) is 9.59 Å². The molecule has 0 bridgehead atoms. The van der Waals surface area contributed by atoms with Crippen LogP contribution in [0.4, 0.5) is 5.69 Å². The van der Waals surface area contributed by atoms with Crippen LogP contribution in [0.1, 0.15) is 27.9 Å². The highest BCUT2D eigenvalue weighted by molar-refractivity contribution is 5.93. The van der Waals surface area contributed by atoms with Gasteiger partial charge in [-0.1, -0.05) is 0 Å². The Labute approximate surface area is 167 Å². The summed E-state index contributed by atoms with van der Waals surface area (Å²) in [6.07, 6.45) is 0.681. The van der Waals surface area contributed by atoms with Crippen molar-refractivity contribution in [2.24, 2.45) is 0 Å². The fourth-order valence-corrected chi connectivity index (χ4v) is 3.06. The predicted molar refractivity (Wildman–Crippen MR) is 109 cm³/mol. The first-order valence-corrected chi connectivity index (χ1v) is 9.01. The molecule has 2 aromatic carbocycles. The van der Waals surface area contributed by atoms with Crippen LogP contribution in [-0.2, 0) is 16.0 Å². The van der Waals surface area contributed by atoms with E-state index in [0.717, 1.165) is 16.5 Å². The molecule has 0 fully saturated rings. The Morgan fingerprint density at radius 3 is 2.45 bits per heavy atom. The average Bonchev–Trinajstić information content (AvgIpc) is 2.71. The lowest BCUT2D eigenvalue weighted by atomic mass is 10.0. The van der Waals surface area contributed by atoms with Crippen LogP contribution in [0.25, 0.3) is 11.0 Å². The third-order valence-corrected chi connectivity index (χ3v) is 4.56. The summed E-state index contributed by atoms with van der Waals surface area (Å²) >= 11 is 0. The number of carbonyl (C=O) groups is 2. The van der Waals surface area contributed by atoms with E-state index in [1.54, 1.807) is 30.3 Å². The third kappa shape index (κ3) is 4.63. The molecule has 0 spiro atoms. The quantitative estimate of drug-likeness (QED) is 0.507. The maximum Gasteiger partial charge on any atom is 0.337 e. The number of anilines is 1. The van der Waals surface area contributed by atoms with E-state index < -0.39 is 11.6 Å². The molecule has 29 heavy (non-hydrogen) atoms. The molecule has 0 radical (unpaired) electrons. The van der Waals surface area contributed by atoms with Crippen molar-refractivity contribution in [2.75, 3.05) is 19.5 Å². The summed E-state index contributed by atoms with van der Waals surface area (Å²) in [6, 6.07) is 11.4. The second kappa shape index (κ2) is 8.60. The second-order valence-corrected chi connectivity index (χ2v) is 6.53. The number of fused-ring (bicyclic) bond motifs is 1. The number of hydrogen-bond acceptors (Lipinski definition) is 6. The van der Waals surface area contributed by atoms with Crippen molar-refractivity contribution in [3.05, 3.63) is 69.6 Å². The highest BCUT2D eigenvalue weighted by Crippen LogP contribution is 2.28. The van der Waals surface area contributed by atoms with E-state index >= 15 is 0 Å². The Bertz CT molecular complexity index is 1110. The molecule has 0 aliphatic heterocycles. The first-order chi connectivity index (χ1) is 13.9. The second-order valence-electron chi connectivity index (χ2n) is 6.53. The van der Waals surface area contributed by atoms with E-state index in [2.05, 4.69) is 10.1 Å². The van der Waals surface area contributed by atoms with E-state index in [4.69, 9.17) is 9.15 Å². The van der Waals surface area contributed by atoms with E-state index in [1.165, 1.54) is 20.3 Å². The van der Waals surface area contributed by atoms with Crippen LogP contribution in [0, 0.1) is 6.92 Å². The van der Waals surface area contributed by atoms with Crippen LogP contribution >= 0.6 is 0 Å². The van der Waals surface area contributed by atoms with E-state index in [1.807, 2.05) is 13.0 Å². The summed E-state index contributed by atoms with van der Waals surface area (Å²) in [6.45, 7) is 1.83. The van der Waals surface area contributed by atoms with Gasteiger partial charge in [0, 0.05) is 29.6 Å². The van der Waals surface area contributed by atoms with Crippen molar-refractivity contribution < 1.29 is 23.5 Å². The number of hydrogen-bond donors (Lipinski definition) is 1. The molecule has 0 aliphatic rings. The van der Waals surface area contributed by atoms with E-state index in [-0.39, 0.29) is 12.3 Å². The number of carbonyl (C=O) groups excluding carboxylic acids is 2. The molecule has 0 unspecified atom stereocenters. The molecule has 0 aliphatic carbocycles. The normalized spacial score (nSPS) is 10.6. The lowest BCUT2D eigenvalue weighted by Gasteiger charge is -2.11. The largest absolute Gasteiger partial charge is 0.496 e. The number of benzene rings is 2. The summed E-state index contributed by atoms with van der Waals surface area (Å²) in [4.78, 5) is 35.4. The Hall–Kier alpha value is -3.61. The van der Waals surface area contributed by atoms with Crippen LogP contribution in [0.5, 0.6) is 5.75 Å². The fraction of sp³-hybridized carbons (Fsp3) is 0.227. The van der Waals surface area contributed by atoms with E-state index in [9.17, 15) is 14.4 Å². The zero-order valence-electron chi connectivity index (χ0n) is 16.4. The third-order valence-electron chi connectivity index (χ3n) is 4.56. The molecular formula is C22H21NO6. The maximum atomic E-state index is 12.3. The lowest BCUT2D eigenvalue weighted by Crippen LogP contribution is -2.13. The Morgan fingerprint density at radius 2 is 1.79 bits per heavy atom. The Kier molecular flexibility index (Phi) is 5.97. The zero-order chi connectivity index (χ0) is 21.0. The molecular weight excluding hydrogens is 374 g/mol. The zero-order valence-corrected chi connectivity index (χ0v) is 16.4. The van der Waals surface area contributed by atoms with Gasteiger partial charge in [0.2, 0.25) is 5.91 Å². The van der Waals surface area contributed by atoms with Crippen molar-refractivity contribution in [3.8, 4) is 5.75 Å². The minimum Gasteiger partial charge on any atom is -0.496 e. The van der Waals surface area contributed by atoms with Gasteiger partial charge >= 0.3 is 11.6 Å². The smallest absolute Gasteiger partial charge is 0.337 e. The van der Waals surface area contributed by atoms with Crippen LogP contribution in [0.2, 0.25) is 0 Å². The van der Waals surface area contributed by atoms with Gasteiger partial charge in [0.25, 0.3) is 0 Å². The van der Waals surface area contributed by atoms with Crippen molar-refractivity contribution in [1.82, 2.24) is 0 Å². The van der Waals surface area contributed by atoms with Gasteiger partial charge < -0.3 is 19.2 Å². The molecule has 1 N–H and O–H groups in total. The molecule has 150 valence electrons. The summed E-state index contributed by atoms with van der Waals surface area (Å²) in [5.74, 6) is -0.0480. The molecule has 1 heterocycles. The molecule has 7 nitrogen and oxygen atoms in total. The monoisotopic (exact) mass is 395 g/mol. The summed E-state index contributed by atoms with van der Waals surface area (Å²) in [7, 11) is 2.84. The van der Waals surface area contributed by atoms with Crippen LogP contribution < -0.4 is 15.7 Å². The Morgan fingerprint density at radius 1 is 1.07 bits per heavy atom. The highest BCUT2D eigenvalue weighted by atomic mass is 16.5. The van der Waals surface area contributed by atoms with Gasteiger partial charge in [-0.05, 0) is 54.8 Å². The minimum absolute atomic E-state index is 0.172. The van der Waals surface area contributed by atoms with Crippen LogP contribution in [0.3, 0.4) is 0 Å². The topological polar surface area (TPSA) is 94.8 Å². The van der Waals surface area contributed by atoms with Gasteiger partial charge in [0.15, 0.2) is 0 Å². The summed E-state index contributed by atoms with van der Waals surface area (Å²) in [5.41, 5.74) is 2.68. The fourth-order valence-electron chi connectivity index (χ4n) is 3.06. The van der Waals surface area contributed by atoms with E-state index in [0.29, 0.717) is 29.0 Å². The first-order valence-electron chi connectivity index (χ1n) is 9.01. The van der Waals surface area contributed by atoms with Gasteiger partial charge in [-0.3, -0.25) is 4.79 Å². The molecule has 7 heteroatoms. The molecule has 3 aromatic rings. The summed E-state index contributed by atoms with van der Waals surface area (Å²) in [5, 5.41) is 3.60. The molecule has 0 saturated heterocycles. The molecule has 3 rings (SSSR count).